The number of aromatic nitrogens is 1. The summed E-state index contributed by atoms with van der Waals surface area (Å²) in [7, 11) is 1.61. The smallest absolute Gasteiger partial charge is 0.212 e. The second-order valence-electron chi connectivity index (χ2n) is 3.64. The Kier molecular flexibility index (Phi) is 5.53. The first-order chi connectivity index (χ1) is 7.80. The fraction of sp³-hybridized carbons (Fsp3) is 0.417. The van der Waals surface area contributed by atoms with Gasteiger partial charge in [-0.15, -0.1) is 6.58 Å². The molecule has 1 heterocycles. The number of hydrogen-bond donors (Lipinski definition) is 2. The van der Waals surface area contributed by atoms with E-state index in [1.54, 1.807) is 7.11 Å². The van der Waals surface area contributed by atoms with Crippen molar-refractivity contribution >= 4 is 0 Å². The molecule has 0 saturated heterocycles. The van der Waals surface area contributed by atoms with E-state index in [1.165, 1.54) is 0 Å². The van der Waals surface area contributed by atoms with Gasteiger partial charge in [0.1, 0.15) is 0 Å². The first kappa shape index (κ1) is 12.7. The monoisotopic (exact) mass is 221 g/mol. The van der Waals surface area contributed by atoms with E-state index >= 15 is 0 Å². The van der Waals surface area contributed by atoms with Crippen LogP contribution in [0, 0.1) is 0 Å². The van der Waals surface area contributed by atoms with Crippen LogP contribution in [0.5, 0.6) is 5.88 Å². The van der Waals surface area contributed by atoms with Gasteiger partial charge >= 0.3 is 0 Å². The van der Waals surface area contributed by atoms with Crippen LogP contribution in [0.1, 0.15) is 18.4 Å². The third-order valence-electron chi connectivity index (χ3n) is 2.44. The van der Waals surface area contributed by atoms with Gasteiger partial charge in [0.2, 0.25) is 5.88 Å². The Morgan fingerprint density at radius 2 is 2.44 bits per heavy atom. The molecule has 0 amide bonds. The van der Waals surface area contributed by atoms with Crippen LogP contribution in [0.4, 0.5) is 0 Å². The van der Waals surface area contributed by atoms with Gasteiger partial charge in [-0.05, 0) is 24.8 Å². The summed E-state index contributed by atoms with van der Waals surface area (Å²) >= 11 is 0. The van der Waals surface area contributed by atoms with Crippen LogP contribution in [-0.4, -0.2) is 18.1 Å². The highest BCUT2D eigenvalue weighted by Gasteiger charge is 2.07. The molecular formula is C12H19N3O. The van der Waals surface area contributed by atoms with E-state index in [0.717, 1.165) is 24.8 Å². The van der Waals surface area contributed by atoms with Crippen LogP contribution in [0.2, 0.25) is 0 Å². The van der Waals surface area contributed by atoms with Crippen LogP contribution in [0.3, 0.4) is 0 Å². The standard InChI is InChI=1S/C12H19N3O/c1-3-4-5-11(15-13)8-10-6-7-12(16-2)14-9-10/h3,6-7,9,11,15H,1,4-5,8,13H2,2H3. The molecule has 0 radical (unpaired) electrons. The van der Waals surface area contributed by atoms with Crippen LogP contribution in [-0.2, 0) is 6.42 Å². The Morgan fingerprint density at radius 3 is 2.94 bits per heavy atom. The summed E-state index contributed by atoms with van der Waals surface area (Å²) in [5.41, 5.74) is 3.95. The Morgan fingerprint density at radius 1 is 1.62 bits per heavy atom. The van der Waals surface area contributed by atoms with Gasteiger partial charge in [0.15, 0.2) is 0 Å². The summed E-state index contributed by atoms with van der Waals surface area (Å²) in [6, 6.07) is 4.12. The van der Waals surface area contributed by atoms with Gasteiger partial charge in [0.05, 0.1) is 7.11 Å². The number of nitrogens with one attached hydrogen (secondary N) is 1. The molecule has 0 saturated carbocycles. The molecule has 1 rings (SSSR count). The van der Waals surface area contributed by atoms with E-state index in [0.29, 0.717) is 5.88 Å². The maximum atomic E-state index is 5.49. The summed E-state index contributed by atoms with van der Waals surface area (Å²) in [6.07, 6.45) is 6.51. The van der Waals surface area contributed by atoms with Gasteiger partial charge < -0.3 is 4.74 Å². The lowest BCUT2D eigenvalue weighted by Gasteiger charge is -2.14. The average molecular weight is 221 g/mol. The molecule has 0 aliphatic heterocycles. The molecule has 16 heavy (non-hydrogen) atoms. The number of rotatable bonds is 7. The SMILES string of the molecule is C=CCCC(Cc1ccc(OC)nc1)NN. The van der Waals surface area contributed by atoms with E-state index in [-0.39, 0.29) is 6.04 Å². The highest BCUT2D eigenvalue weighted by Crippen LogP contribution is 2.10. The third kappa shape index (κ3) is 4.00. The molecule has 0 aromatic carbocycles. The largest absolute Gasteiger partial charge is 0.481 e. The summed E-state index contributed by atoms with van der Waals surface area (Å²) in [6.45, 7) is 3.70. The topological polar surface area (TPSA) is 60.2 Å². The predicted molar refractivity (Wildman–Crippen MR) is 65.0 cm³/mol. The van der Waals surface area contributed by atoms with E-state index in [2.05, 4.69) is 17.0 Å². The molecule has 0 fully saturated rings. The number of nitrogens with zero attached hydrogens (tertiary/aromatic N) is 1. The number of methoxy groups -OCH3 is 1. The third-order valence-corrected chi connectivity index (χ3v) is 2.44. The van der Waals surface area contributed by atoms with E-state index in [4.69, 9.17) is 10.6 Å². The minimum absolute atomic E-state index is 0.258. The van der Waals surface area contributed by atoms with E-state index in [9.17, 15) is 0 Å². The summed E-state index contributed by atoms with van der Waals surface area (Å²) in [5, 5.41) is 0. The van der Waals surface area contributed by atoms with Gasteiger partial charge in [0, 0.05) is 18.3 Å². The van der Waals surface area contributed by atoms with Crippen molar-refractivity contribution in [3.05, 3.63) is 36.5 Å². The molecule has 1 aromatic heterocycles. The molecule has 0 spiro atoms. The van der Waals surface area contributed by atoms with Crippen molar-refractivity contribution in [1.82, 2.24) is 10.4 Å². The fourth-order valence-electron chi connectivity index (χ4n) is 1.50. The van der Waals surface area contributed by atoms with Crippen molar-refractivity contribution in [3.8, 4) is 5.88 Å². The van der Waals surface area contributed by atoms with Gasteiger partial charge in [0.25, 0.3) is 0 Å². The van der Waals surface area contributed by atoms with E-state index < -0.39 is 0 Å². The molecule has 3 N–H and O–H groups in total. The zero-order valence-electron chi connectivity index (χ0n) is 9.65. The molecular weight excluding hydrogens is 202 g/mol. The van der Waals surface area contributed by atoms with Crippen molar-refractivity contribution < 1.29 is 4.74 Å². The van der Waals surface area contributed by atoms with Gasteiger partial charge in [-0.2, -0.15) is 0 Å². The maximum absolute atomic E-state index is 5.49. The number of ether oxygens (including phenoxy) is 1. The molecule has 4 heteroatoms. The molecule has 0 aliphatic rings. The number of nitrogens with two attached hydrogens (primary N) is 1. The van der Waals surface area contributed by atoms with Crippen molar-refractivity contribution in [2.75, 3.05) is 7.11 Å². The normalized spacial score (nSPS) is 12.1. The summed E-state index contributed by atoms with van der Waals surface area (Å²) in [4.78, 5) is 4.15. The maximum Gasteiger partial charge on any atom is 0.212 e. The molecule has 0 bridgehead atoms. The van der Waals surface area contributed by atoms with Gasteiger partial charge in [-0.1, -0.05) is 12.1 Å². The lowest BCUT2D eigenvalue weighted by molar-refractivity contribution is 0.397. The average Bonchev–Trinajstić information content (AvgIpc) is 2.35. The summed E-state index contributed by atoms with van der Waals surface area (Å²) < 4.78 is 5.00. The zero-order valence-corrected chi connectivity index (χ0v) is 9.65. The number of pyridine rings is 1. The van der Waals surface area contributed by atoms with Gasteiger partial charge in [-0.25, -0.2) is 4.98 Å². The van der Waals surface area contributed by atoms with Crippen molar-refractivity contribution in [2.45, 2.75) is 25.3 Å². The Bertz CT molecular complexity index is 311. The molecule has 1 atom stereocenters. The second-order valence-corrected chi connectivity index (χ2v) is 3.64. The first-order valence-electron chi connectivity index (χ1n) is 5.36. The molecule has 1 unspecified atom stereocenters. The lowest BCUT2D eigenvalue weighted by atomic mass is 10.0. The minimum atomic E-state index is 0.258. The number of hydrogen-bond acceptors (Lipinski definition) is 4. The Labute approximate surface area is 96.5 Å². The molecule has 1 aromatic rings. The zero-order chi connectivity index (χ0) is 11.8. The fourth-order valence-corrected chi connectivity index (χ4v) is 1.50. The molecule has 4 nitrogen and oxygen atoms in total. The number of allylic oxidation sites excluding steroid dienone is 1. The highest BCUT2D eigenvalue weighted by atomic mass is 16.5. The molecule has 0 aliphatic carbocycles. The van der Waals surface area contributed by atoms with Crippen LogP contribution < -0.4 is 16.0 Å². The highest BCUT2D eigenvalue weighted by molar-refractivity contribution is 5.18. The molecule has 88 valence electrons. The van der Waals surface area contributed by atoms with Crippen LogP contribution >= 0.6 is 0 Å². The summed E-state index contributed by atoms with van der Waals surface area (Å²) in [5.74, 6) is 6.12. The lowest BCUT2D eigenvalue weighted by Crippen LogP contribution is -2.36. The quantitative estimate of drug-likeness (QED) is 0.415. The van der Waals surface area contributed by atoms with Crippen LogP contribution in [0.25, 0.3) is 0 Å². The van der Waals surface area contributed by atoms with E-state index in [1.807, 2.05) is 24.4 Å². The van der Waals surface area contributed by atoms with Crippen molar-refractivity contribution in [1.29, 1.82) is 0 Å². The Balaban J connectivity index is 2.52. The van der Waals surface area contributed by atoms with Crippen LogP contribution in [0.15, 0.2) is 31.0 Å². The number of hydrazine groups is 1. The first-order valence-corrected chi connectivity index (χ1v) is 5.36. The minimum Gasteiger partial charge on any atom is -0.481 e. The van der Waals surface area contributed by atoms with Crippen molar-refractivity contribution in [2.24, 2.45) is 5.84 Å². The predicted octanol–water partition coefficient (Wildman–Crippen LogP) is 1.43. The van der Waals surface area contributed by atoms with Crippen molar-refractivity contribution in [3.63, 3.8) is 0 Å². The van der Waals surface area contributed by atoms with Gasteiger partial charge in [-0.3, -0.25) is 11.3 Å². The second kappa shape index (κ2) is 6.98. The Hall–Kier alpha value is -1.39.